The Bertz CT molecular complexity index is 1110. The van der Waals surface area contributed by atoms with Gasteiger partial charge in [0, 0.05) is 0 Å². The van der Waals surface area contributed by atoms with Crippen molar-refractivity contribution in [3.63, 3.8) is 0 Å². The number of ether oxygens (including phenoxy) is 2. The molecule has 1 rings (SSSR count). The predicted molar refractivity (Wildman–Crippen MR) is 242 cm³/mol. The van der Waals surface area contributed by atoms with Crippen LogP contribution in [0.1, 0.15) is 187 Å². The molecule has 1 fully saturated rings. The van der Waals surface area contributed by atoms with Crippen LogP contribution in [0, 0.1) is 0 Å². The lowest BCUT2D eigenvalue weighted by molar-refractivity contribution is -0.303. The zero-order chi connectivity index (χ0) is 44.1. The smallest absolute Gasteiger partial charge is 0.249 e. The zero-order valence-electron chi connectivity index (χ0n) is 37.7. The number of carbonyl (C=O) groups excluding carboxylic acids is 1. The summed E-state index contributed by atoms with van der Waals surface area (Å²) >= 11 is 0. The highest BCUT2D eigenvalue weighted by Crippen LogP contribution is 2.23. The van der Waals surface area contributed by atoms with Gasteiger partial charge in [0.05, 0.1) is 25.4 Å². The molecule has 9 atom stereocenters. The third-order valence-electron chi connectivity index (χ3n) is 11.3. The number of unbranched alkanes of at least 4 members (excludes halogenated alkanes) is 19. The van der Waals surface area contributed by atoms with Crippen LogP contribution in [0.2, 0.25) is 0 Å². The normalized spacial score (nSPS) is 22.1. The lowest BCUT2D eigenvalue weighted by atomic mass is 9.98. The van der Waals surface area contributed by atoms with E-state index < -0.39 is 74.2 Å². The zero-order valence-corrected chi connectivity index (χ0v) is 37.7. The minimum atomic E-state index is -1.67. The number of carbonyl (C=O) groups is 1. The second-order valence-electron chi connectivity index (χ2n) is 16.8. The summed E-state index contributed by atoms with van der Waals surface area (Å²) in [5.74, 6) is -0.726. The largest absolute Gasteiger partial charge is 0.394 e. The fourth-order valence-electron chi connectivity index (χ4n) is 7.28. The number of amides is 1. The van der Waals surface area contributed by atoms with Crippen molar-refractivity contribution in [1.29, 1.82) is 0 Å². The molecule has 0 aromatic rings. The Balaban J connectivity index is 2.43. The van der Waals surface area contributed by atoms with Crippen molar-refractivity contribution in [2.75, 3.05) is 13.2 Å². The molecule has 11 nitrogen and oxygen atoms in total. The van der Waals surface area contributed by atoms with Crippen LogP contribution < -0.4 is 5.32 Å². The molecule has 1 heterocycles. The number of rotatable bonds is 39. The summed E-state index contributed by atoms with van der Waals surface area (Å²) in [7, 11) is 0. The summed E-state index contributed by atoms with van der Waals surface area (Å²) in [6.07, 6.45) is 34.7. The molecule has 8 N–H and O–H groups in total. The van der Waals surface area contributed by atoms with Crippen LogP contribution in [0.4, 0.5) is 0 Å². The van der Waals surface area contributed by atoms with Gasteiger partial charge in [-0.15, -0.1) is 0 Å². The molecule has 0 spiro atoms. The van der Waals surface area contributed by atoms with Gasteiger partial charge < -0.3 is 50.5 Å². The maximum absolute atomic E-state index is 13.0. The number of hydrogen-bond acceptors (Lipinski definition) is 10. The minimum Gasteiger partial charge on any atom is -0.394 e. The van der Waals surface area contributed by atoms with Crippen LogP contribution in [0.25, 0.3) is 0 Å². The average molecular weight is 852 g/mol. The van der Waals surface area contributed by atoms with Crippen molar-refractivity contribution in [3.8, 4) is 0 Å². The second kappa shape index (κ2) is 38.7. The van der Waals surface area contributed by atoms with Gasteiger partial charge in [-0.2, -0.15) is 0 Å². The molecule has 1 amide bonds. The van der Waals surface area contributed by atoms with Gasteiger partial charge in [0.2, 0.25) is 5.91 Å². The first-order valence-corrected chi connectivity index (χ1v) is 24.0. The first-order chi connectivity index (χ1) is 29.2. The van der Waals surface area contributed by atoms with E-state index in [1.54, 1.807) is 0 Å². The highest BCUT2D eigenvalue weighted by Gasteiger charge is 2.44. The van der Waals surface area contributed by atoms with Gasteiger partial charge >= 0.3 is 0 Å². The quantitative estimate of drug-likeness (QED) is 0.0221. The molecule has 1 aliphatic rings. The van der Waals surface area contributed by atoms with E-state index in [1.807, 2.05) is 0 Å². The molecular formula is C49H89NO10. The molecule has 0 aliphatic carbocycles. The number of aliphatic hydroxyl groups excluding tert-OH is 7. The molecular weight excluding hydrogens is 763 g/mol. The Hall–Kier alpha value is -1.93. The van der Waals surface area contributed by atoms with Crippen molar-refractivity contribution in [2.24, 2.45) is 0 Å². The van der Waals surface area contributed by atoms with Gasteiger partial charge in [0.25, 0.3) is 0 Å². The summed E-state index contributed by atoms with van der Waals surface area (Å²) in [4.78, 5) is 13.0. The lowest BCUT2D eigenvalue weighted by Crippen LogP contribution is -2.60. The van der Waals surface area contributed by atoms with Crippen molar-refractivity contribution in [3.05, 3.63) is 48.6 Å². The van der Waals surface area contributed by atoms with Crippen molar-refractivity contribution in [2.45, 2.75) is 242 Å². The van der Waals surface area contributed by atoms with Crippen molar-refractivity contribution in [1.82, 2.24) is 5.32 Å². The number of hydrogen-bond donors (Lipinski definition) is 8. The number of allylic oxidation sites excluding steroid dienone is 8. The molecule has 0 bridgehead atoms. The third kappa shape index (κ3) is 27.9. The van der Waals surface area contributed by atoms with Gasteiger partial charge in [0.1, 0.15) is 36.6 Å². The molecule has 1 aliphatic heterocycles. The predicted octanol–water partition coefficient (Wildman–Crippen LogP) is 8.17. The first kappa shape index (κ1) is 56.1. The van der Waals surface area contributed by atoms with Crippen LogP contribution in [0.5, 0.6) is 0 Å². The summed E-state index contributed by atoms with van der Waals surface area (Å²) in [5.41, 5.74) is 0. The van der Waals surface area contributed by atoms with Gasteiger partial charge in [-0.3, -0.25) is 4.79 Å². The molecule has 1 saturated heterocycles. The monoisotopic (exact) mass is 852 g/mol. The van der Waals surface area contributed by atoms with Crippen LogP contribution in [-0.4, -0.2) is 110 Å². The van der Waals surface area contributed by atoms with Crippen LogP contribution in [-0.2, 0) is 14.3 Å². The maximum Gasteiger partial charge on any atom is 0.249 e. The maximum atomic E-state index is 13.0. The third-order valence-corrected chi connectivity index (χ3v) is 11.3. The fourth-order valence-corrected chi connectivity index (χ4v) is 7.28. The topological polar surface area (TPSA) is 189 Å². The Morgan fingerprint density at radius 1 is 0.567 bits per heavy atom. The number of aliphatic hydroxyl groups is 7. The first-order valence-electron chi connectivity index (χ1n) is 24.0. The second-order valence-corrected chi connectivity index (χ2v) is 16.8. The van der Waals surface area contributed by atoms with E-state index in [9.17, 15) is 40.5 Å². The van der Waals surface area contributed by atoms with Gasteiger partial charge in [0.15, 0.2) is 6.29 Å². The summed E-state index contributed by atoms with van der Waals surface area (Å²) in [6.45, 7) is 3.35. The highest BCUT2D eigenvalue weighted by atomic mass is 16.7. The Morgan fingerprint density at radius 2 is 1.02 bits per heavy atom. The number of nitrogens with one attached hydrogen (secondary N) is 1. The van der Waals surface area contributed by atoms with E-state index in [-0.39, 0.29) is 12.8 Å². The summed E-state index contributed by atoms with van der Waals surface area (Å²) < 4.78 is 11.0. The fraction of sp³-hybridized carbons (Fsp3) is 0.816. The standard InChI is InChI=1S/C49H89NO10/c1-3-5-7-9-11-13-15-16-17-18-19-20-21-22-23-24-25-26-27-29-30-32-34-36-41(52)44(54)40(39-59-49-47(57)46(56)45(55)43(38-51)60-49)50-48(58)42(53)37-35-33-31-28-14-12-10-8-6-4-2/h10,12,20-21,24-25,29-30,40-47,49,51-57H,3-9,11,13-19,22-23,26-28,31-39H2,1-2H3,(H,50,58)/b12-10-,21-20+,25-24+,30-29+. The average Bonchev–Trinajstić information content (AvgIpc) is 3.25. The van der Waals surface area contributed by atoms with Gasteiger partial charge in [-0.25, -0.2) is 0 Å². The summed E-state index contributed by atoms with van der Waals surface area (Å²) in [5, 5.41) is 75.5. The molecule has 0 radical (unpaired) electrons. The lowest BCUT2D eigenvalue weighted by Gasteiger charge is -2.40. The van der Waals surface area contributed by atoms with Crippen molar-refractivity contribution < 1.29 is 50.0 Å². The Kier molecular flexibility index (Phi) is 36.2. The van der Waals surface area contributed by atoms with Crippen molar-refractivity contribution >= 4 is 5.91 Å². The van der Waals surface area contributed by atoms with Crippen LogP contribution >= 0.6 is 0 Å². The van der Waals surface area contributed by atoms with Crippen LogP contribution in [0.15, 0.2) is 48.6 Å². The molecule has 9 unspecified atom stereocenters. The highest BCUT2D eigenvalue weighted by molar-refractivity contribution is 5.80. The SMILES string of the molecule is CCCC/C=C\CCCCCCC(O)C(=O)NC(COC1OC(CO)C(O)C(O)C1O)C(O)C(O)CCC/C=C/CC/C=C/CC/C=C/CCCCCCCCCCCC. The van der Waals surface area contributed by atoms with E-state index in [4.69, 9.17) is 9.47 Å². The molecule has 0 saturated carbocycles. The van der Waals surface area contributed by atoms with E-state index in [0.29, 0.717) is 19.3 Å². The Labute approximate surface area is 364 Å². The summed E-state index contributed by atoms with van der Waals surface area (Å²) in [6, 6.07) is -1.20. The van der Waals surface area contributed by atoms with Crippen LogP contribution in [0.3, 0.4) is 0 Å². The van der Waals surface area contributed by atoms with E-state index in [2.05, 4.69) is 67.8 Å². The van der Waals surface area contributed by atoms with Gasteiger partial charge in [-0.05, 0) is 83.5 Å². The molecule has 60 heavy (non-hydrogen) atoms. The van der Waals surface area contributed by atoms with E-state index in [1.165, 1.54) is 83.5 Å². The molecule has 350 valence electrons. The van der Waals surface area contributed by atoms with Gasteiger partial charge in [-0.1, -0.05) is 152 Å². The molecule has 0 aromatic heterocycles. The van der Waals surface area contributed by atoms with E-state index >= 15 is 0 Å². The molecule has 11 heteroatoms. The Morgan fingerprint density at radius 3 is 1.53 bits per heavy atom. The van der Waals surface area contributed by atoms with E-state index in [0.717, 1.165) is 57.8 Å². The minimum absolute atomic E-state index is 0.232. The molecule has 0 aromatic carbocycles.